The molecule has 0 bridgehead atoms. The lowest BCUT2D eigenvalue weighted by Gasteiger charge is -2.27. The van der Waals surface area contributed by atoms with E-state index in [1.54, 1.807) is 12.4 Å². The molecule has 126 valence electrons. The molecule has 25 heavy (non-hydrogen) atoms. The highest BCUT2D eigenvalue weighted by Gasteiger charge is 2.21. The average molecular weight is 334 g/mol. The zero-order valence-corrected chi connectivity index (χ0v) is 13.9. The van der Waals surface area contributed by atoms with Crippen LogP contribution in [-0.4, -0.2) is 36.4 Å². The van der Waals surface area contributed by atoms with Crippen LogP contribution in [-0.2, 0) is 19.5 Å². The van der Waals surface area contributed by atoms with Crippen molar-refractivity contribution in [1.29, 1.82) is 0 Å². The van der Waals surface area contributed by atoms with E-state index in [1.807, 2.05) is 31.5 Å². The first kappa shape index (κ1) is 15.6. The number of fused-ring (bicyclic) bond motifs is 1. The number of hydrogen-bond donors (Lipinski definition) is 1. The lowest BCUT2D eigenvalue weighted by Crippen LogP contribution is -2.35. The topological polar surface area (TPSA) is 87.7 Å². The fourth-order valence-corrected chi connectivity index (χ4v) is 3.03. The van der Waals surface area contributed by atoms with Gasteiger partial charge in [0.25, 0.3) is 5.56 Å². The average Bonchev–Trinajstić information content (AvgIpc) is 2.64. The molecule has 0 spiro atoms. The van der Waals surface area contributed by atoms with E-state index < -0.39 is 0 Å². The van der Waals surface area contributed by atoms with E-state index in [9.17, 15) is 4.79 Å². The van der Waals surface area contributed by atoms with Gasteiger partial charge in [0.05, 0.1) is 5.69 Å². The number of nitrogens with one attached hydrogen (secondary N) is 1. The van der Waals surface area contributed by atoms with E-state index in [0.29, 0.717) is 18.8 Å². The number of rotatable bonds is 3. The molecule has 1 N–H and O–H groups in total. The van der Waals surface area contributed by atoms with E-state index in [-0.39, 0.29) is 5.56 Å². The van der Waals surface area contributed by atoms with Crippen LogP contribution in [0.2, 0.25) is 0 Å². The highest BCUT2D eigenvalue weighted by atomic mass is 16.1. The van der Waals surface area contributed by atoms with E-state index in [0.717, 1.165) is 41.3 Å². The second kappa shape index (κ2) is 6.52. The minimum atomic E-state index is -0.0462. The van der Waals surface area contributed by atoms with Gasteiger partial charge in [-0.25, -0.2) is 15.0 Å². The molecule has 1 aliphatic rings. The largest absolute Gasteiger partial charge is 0.306 e. The van der Waals surface area contributed by atoms with Gasteiger partial charge < -0.3 is 4.98 Å². The third-order valence-electron chi connectivity index (χ3n) is 4.35. The molecule has 4 heterocycles. The predicted molar refractivity (Wildman–Crippen MR) is 92.7 cm³/mol. The zero-order chi connectivity index (χ0) is 17.2. The Kier molecular flexibility index (Phi) is 4.07. The van der Waals surface area contributed by atoms with Crippen LogP contribution < -0.4 is 5.56 Å². The number of hydrogen-bond acceptors (Lipinski definition) is 6. The quantitative estimate of drug-likeness (QED) is 0.781. The summed E-state index contributed by atoms with van der Waals surface area (Å²) >= 11 is 0. The molecule has 0 aliphatic carbocycles. The van der Waals surface area contributed by atoms with Crippen LogP contribution >= 0.6 is 0 Å². The van der Waals surface area contributed by atoms with Crippen LogP contribution in [0, 0.1) is 6.92 Å². The highest BCUT2D eigenvalue weighted by molar-refractivity contribution is 5.54. The maximum absolute atomic E-state index is 12.4. The summed E-state index contributed by atoms with van der Waals surface area (Å²) in [7, 11) is 0. The second-order valence-electron chi connectivity index (χ2n) is 6.17. The number of pyridine rings is 1. The first-order valence-corrected chi connectivity index (χ1v) is 8.21. The van der Waals surface area contributed by atoms with Gasteiger partial charge in [0.15, 0.2) is 0 Å². The predicted octanol–water partition coefficient (Wildman–Crippen LogP) is 1.49. The molecule has 0 saturated heterocycles. The van der Waals surface area contributed by atoms with E-state index in [4.69, 9.17) is 4.98 Å². The highest BCUT2D eigenvalue weighted by Crippen LogP contribution is 2.19. The Morgan fingerprint density at radius 3 is 2.72 bits per heavy atom. The van der Waals surface area contributed by atoms with Crippen LogP contribution in [0.5, 0.6) is 0 Å². The summed E-state index contributed by atoms with van der Waals surface area (Å²) in [5, 5.41) is 0. The number of aromatic amines is 1. The van der Waals surface area contributed by atoms with Crippen molar-refractivity contribution in [3.63, 3.8) is 0 Å². The van der Waals surface area contributed by atoms with Gasteiger partial charge in [-0.15, -0.1) is 0 Å². The van der Waals surface area contributed by atoms with Crippen molar-refractivity contribution in [2.75, 3.05) is 6.54 Å². The second-order valence-corrected chi connectivity index (χ2v) is 6.17. The summed E-state index contributed by atoms with van der Waals surface area (Å²) in [4.78, 5) is 34.7. The van der Waals surface area contributed by atoms with Crippen molar-refractivity contribution in [1.82, 2.24) is 29.8 Å². The summed E-state index contributed by atoms with van der Waals surface area (Å²) in [6.07, 6.45) is 7.79. The van der Waals surface area contributed by atoms with Crippen molar-refractivity contribution in [3.8, 4) is 11.4 Å². The van der Waals surface area contributed by atoms with Gasteiger partial charge in [-0.1, -0.05) is 0 Å². The molecule has 7 nitrogen and oxygen atoms in total. The standard InChI is InChI=1S/C18H18N6O/c1-12-20-8-13(9-21-12)10-24-7-4-15-16(11-24)22-17(23-18(15)25)14-2-5-19-6-3-14/h2-3,5-6,8-9H,4,7,10-11H2,1H3,(H,22,23,25). The minimum absolute atomic E-state index is 0.0462. The molecule has 3 aromatic heterocycles. The molecule has 0 amide bonds. The van der Waals surface area contributed by atoms with Gasteiger partial charge in [0.1, 0.15) is 11.6 Å². The Hall–Kier alpha value is -2.93. The molecule has 0 saturated carbocycles. The number of aryl methyl sites for hydroxylation is 1. The third-order valence-corrected chi connectivity index (χ3v) is 4.35. The van der Waals surface area contributed by atoms with Gasteiger partial charge in [0.2, 0.25) is 0 Å². The van der Waals surface area contributed by atoms with Gasteiger partial charge >= 0.3 is 0 Å². The molecule has 3 aromatic rings. The van der Waals surface area contributed by atoms with Crippen molar-refractivity contribution < 1.29 is 0 Å². The molecule has 0 unspecified atom stereocenters. The Labute approximate surface area is 144 Å². The van der Waals surface area contributed by atoms with Crippen LogP contribution in [0.1, 0.15) is 22.6 Å². The zero-order valence-electron chi connectivity index (χ0n) is 13.9. The Bertz CT molecular complexity index is 936. The molecular formula is C18H18N6O. The maximum atomic E-state index is 12.4. The first-order chi connectivity index (χ1) is 12.2. The number of H-pyrrole nitrogens is 1. The van der Waals surface area contributed by atoms with Gasteiger partial charge in [-0.05, 0) is 25.5 Å². The summed E-state index contributed by atoms with van der Waals surface area (Å²) in [5.74, 6) is 1.36. The number of aromatic nitrogens is 5. The van der Waals surface area contributed by atoms with Crippen LogP contribution in [0.3, 0.4) is 0 Å². The molecule has 4 rings (SSSR count). The Morgan fingerprint density at radius 1 is 1.20 bits per heavy atom. The molecule has 0 aromatic carbocycles. The van der Waals surface area contributed by atoms with E-state index >= 15 is 0 Å². The molecule has 1 aliphatic heterocycles. The summed E-state index contributed by atoms with van der Waals surface area (Å²) < 4.78 is 0. The minimum Gasteiger partial charge on any atom is -0.306 e. The van der Waals surface area contributed by atoms with Crippen LogP contribution in [0.25, 0.3) is 11.4 Å². The molecule has 0 atom stereocenters. The molecule has 0 fully saturated rings. The van der Waals surface area contributed by atoms with Crippen molar-refractivity contribution >= 4 is 0 Å². The monoisotopic (exact) mass is 334 g/mol. The summed E-state index contributed by atoms with van der Waals surface area (Å²) in [6, 6.07) is 3.68. The van der Waals surface area contributed by atoms with Gasteiger partial charge in [0, 0.05) is 61.1 Å². The molecule has 7 heteroatoms. The Morgan fingerprint density at radius 2 is 1.96 bits per heavy atom. The summed E-state index contributed by atoms with van der Waals surface area (Å²) in [6.45, 7) is 4.09. The first-order valence-electron chi connectivity index (χ1n) is 8.21. The van der Waals surface area contributed by atoms with E-state index in [1.165, 1.54) is 0 Å². The van der Waals surface area contributed by atoms with Gasteiger partial charge in [-0.3, -0.25) is 14.7 Å². The number of nitrogens with zero attached hydrogens (tertiary/aromatic N) is 5. The van der Waals surface area contributed by atoms with E-state index in [2.05, 4.69) is 24.8 Å². The molecule has 0 radical (unpaired) electrons. The fraction of sp³-hybridized carbons (Fsp3) is 0.278. The lowest BCUT2D eigenvalue weighted by atomic mass is 10.1. The SMILES string of the molecule is Cc1ncc(CN2CCc3c(nc(-c4ccncc4)[nH]c3=O)C2)cn1. The van der Waals surface area contributed by atoms with Crippen molar-refractivity contribution in [2.45, 2.75) is 26.4 Å². The van der Waals surface area contributed by atoms with Crippen molar-refractivity contribution in [3.05, 3.63) is 69.9 Å². The Balaban J connectivity index is 1.60. The van der Waals surface area contributed by atoms with Crippen LogP contribution in [0.15, 0.2) is 41.7 Å². The fourth-order valence-electron chi connectivity index (χ4n) is 3.03. The normalized spacial score (nSPS) is 14.3. The van der Waals surface area contributed by atoms with Crippen LogP contribution in [0.4, 0.5) is 0 Å². The van der Waals surface area contributed by atoms with Crippen molar-refractivity contribution in [2.24, 2.45) is 0 Å². The smallest absolute Gasteiger partial charge is 0.254 e. The summed E-state index contributed by atoms with van der Waals surface area (Å²) in [5.41, 5.74) is 3.51. The van der Waals surface area contributed by atoms with Gasteiger partial charge in [-0.2, -0.15) is 0 Å². The third kappa shape index (κ3) is 3.32. The molecular weight excluding hydrogens is 316 g/mol. The lowest BCUT2D eigenvalue weighted by molar-refractivity contribution is 0.240. The maximum Gasteiger partial charge on any atom is 0.254 e.